The second-order valence-corrected chi connectivity index (χ2v) is 2.18. The molecule has 5 heteroatoms. The highest BCUT2D eigenvalue weighted by atomic mass is 35.5. The number of rotatable bonds is 4. The van der Waals surface area contributed by atoms with E-state index in [0.717, 1.165) is 0 Å². The Morgan fingerprint density at radius 1 is 1.75 bits per heavy atom. The van der Waals surface area contributed by atoms with Gasteiger partial charge < -0.3 is 10.5 Å². The first kappa shape index (κ1) is 13.8. The second-order valence-electron chi connectivity index (χ2n) is 2.18. The van der Waals surface area contributed by atoms with Gasteiger partial charge in [0.2, 0.25) is 0 Å². The summed E-state index contributed by atoms with van der Waals surface area (Å²) in [4.78, 5) is 10.7. The minimum Gasteiger partial charge on any atom is -0.468 e. The summed E-state index contributed by atoms with van der Waals surface area (Å²) in [6, 6.07) is 1.40. The summed E-state index contributed by atoms with van der Waals surface area (Å²) in [7, 11) is 1.30. The van der Waals surface area contributed by atoms with E-state index in [2.05, 4.69) is 4.74 Å². The summed E-state index contributed by atoms with van der Waals surface area (Å²) < 4.78 is 4.40. The Hall–Kier alpha value is -0.790. The number of carbonyl (C=O) groups is 1. The van der Waals surface area contributed by atoms with E-state index in [4.69, 9.17) is 11.0 Å². The van der Waals surface area contributed by atoms with Crippen LogP contribution in [0.15, 0.2) is 0 Å². The summed E-state index contributed by atoms with van der Waals surface area (Å²) in [5.41, 5.74) is 5.38. The quantitative estimate of drug-likeness (QED) is 0.523. The zero-order valence-electron chi connectivity index (χ0n) is 6.95. The average Bonchev–Trinajstić information content (AvgIpc) is 2.03. The van der Waals surface area contributed by atoms with Crippen LogP contribution in [0.3, 0.4) is 0 Å². The minimum atomic E-state index is -0.576. The number of nitrogens with zero attached hydrogens (tertiary/aromatic N) is 1. The number of unbranched alkanes of at least 4 members (excludes halogenated alkanes) is 1. The first-order valence-corrected chi connectivity index (χ1v) is 3.42. The molecule has 2 N–H and O–H groups in total. The van der Waals surface area contributed by atoms with Gasteiger partial charge in [-0.25, -0.2) is 0 Å². The van der Waals surface area contributed by atoms with Crippen molar-refractivity contribution in [2.24, 2.45) is 5.73 Å². The number of esters is 1. The molecule has 0 fully saturated rings. The van der Waals surface area contributed by atoms with Gasteiger partial charge in [0.1, 0.15) is 6.04 Å². The van der Waals surface area contributed by atoms with E-state index in [1.807, 2.05) is 6.07 Å². The predicted octanol–water partition coefficient (Wildman–Crippen LogP) is 0.602. The fraction of sp³-hybridized carbons (Fsp3) is 0.714. The lowest BCUT2D eigenvalue weighted by molar-refractivity contribution is -0.142. The third kappa shape index (κ3) is 5.96. The summed E-state index contributed by atoms with van der Waals surface area (Å²) >= 11 is 0. The molecule has 0 aromatic heterocycles. The zero-order valence-corrected chi connectivity index (χ0v) is 7.76. The van der Waals surface area contributed by atoms with Crippen LogP contribution in [0.1, 0.15) is 19.3 Å². The highest BCUT2D eigenvalue weighted by Gasteiger charge is 2.11. The molecular formula is C7H13ClN2O2. The average molecular weight is 193 g/mol. The molecule has 4 nitrogen and oxygen atoms in total. The molecule has 0 amide bonds. The van der Waals surface area contributed by atoms with Gasteiger partial charge in [0, 0.05) is 6.42 Å². The van der Waals surface area contributed by atoms with Crippen molar-refractivity contribution in [3.63, 3.8) is 0 Å². The first-order valence-electron chi connectivity index (χ1n) is 3.42. The van der Waals surface area contributed by atoms with Crippen LogP contribution in [0.25, 0.3) is 0 Å². The largest absolute Gasteiger partial charge is 0.468 e. The van der Waals surface area contributed by atoms with Crippen molar-refractivity contribution in [2.75, 3.05) is 7.11 Å². The van der Waals surface area contributed by atoms with Crippen LogP contribution in [0, 0.1) is 11.3 Å². The van der Waals surface area contributed by atoms with Crippen molar-refractivity contribution in [1.82, 2.24) is 0 Å². The van der Waals surface area contributed by atoms with Crippen LogP contribution in [-0.4, -0.2) is 19.1 Å². The van der Waals surface area contributed by atoms with Gasteiger partial charge in [-0.1, -0.05) is 0 Å². The molecule has 70 valence electrons. The number of carbonyl (C=O) groups excluding carboxylic acids is 1. The van der Waals surface area contributed by atoms with Crippen molar-refractivity contribution in [3.05, 3.63) is 0 Å². The number of ether oxygens (including phenoxy) is 1. The second kappa shape index (κ2) is 8.31. The third-order valence-corrected chi connectivity index (χ3v) is 1.31. The van der Waals surface area contributed by atoms with Gasteiger partial charge in [-0.3, -0.25) is 4.79 Å². The van der Waals surface area contributed by atoms with Crippen molar-refractivity contribution in [1.29, 1.82) is 5.26 Å². The molecular weight excluding hydrogens is 180 g/mol. The normalized spacial score (nSPS) is 10.8. The third-order valence-electron chi connectivity index (χ3n) is 1.31. The zero-order chi connectivity index (χ0) is 8.69. The van der Waals surface area contributed by atoms with E-state index in [0.29, 0.717) is 19.3 Å². The molecule has 0 saturated heterocycles. The van der Waals surface area contributed by atoms with Crippen LogP contribution >= 0.6 is 12.4 Å². The predicted molar refractivity (Wildman–Crippen MR) is 46.7 cm³/mol. The number of halogens is 1. The van der Waals surface area contributed by atoms with Gasteiger partial charge >= 0.3 is 5.97 Å². The Morgan fingerprint density at radius 3 is 2.75 bits per heavy atom. The Bertz CT molecular complexity index is 167. The first-order chi connectivity index (χ1) is 5.22. The van der Waals surface area contributed by atoms with Crippen molar-refractivity contribution < 1.29 is 9.53 Å². The van der Waals surface area contributed by atoms with Gasteiger partial charge in [0.25, 0.3) is 0 Å². The van der Waals surface area contributed by atoms with Crippen LogP contribution in [-0.2, 0) is 9.53 Å². The van der Waals surface area contributed by atoms with Gasteiger partial charge in [0.15, 0.2) is 0 Å². The number of nitriles is 1. The maximum absolute atomic E-state index is 10.7. The summed E-state index contributed by atoms with van der Waals surface area (Å²) in [6.07, 6.45) is 1.59. The van der Waals surface area contributed by atoms with Crippen LogP contribution in [0.2, 0.25) is 0 Å². The Balaban J connectivity index is 0. The number of hydrogen-bond acceptors (Lipinski definition) is 4. The molecule has 0 saturated carbocycles. The van der Waals surface area contributed by atoms with Gasteiger partial charge in [-0.05, 0) is 12.8 Å². The van der Waals surface area contributed by atoms with Crippen molar-refractivity contribution in [3.8, 4) is 6.07 Å². The molecule has 0 aromatic carbocycles. The Labute approximate surface area is 78.1 Å². The van der Waals surface area contributed by atoms with Gasteiger partial charge in [-0.15, -0.1) is 12.4 Å². The van der Waals surface area contributed by atoms with E-state index >= 15 is 0 Å². The lowest BCUT2D eigenvalue weighted by Gasteiger charge is -2.06. The molecule has 0 unspecified atom stereocenters. The fourth-order valence-corrected chi connectivity index (χ4v) is 0.670. The molecule has 0 aromatic rings. The SMILES string of the molecule is COC(=O)[C@@H](N)CCCC#N.Cl. The lowest BCUT2D eigenvalue weighted by Crippen LogP contribution is -2.31. The van der Waals surface area contributed by atoms with Crippen LogP contribution in [0.4, 0.5) is 0 Å². The Kier molecular flexibility index (Phi) is 9.54. The summed E-state index contributed by atoms with van der Waals surface area (Å²) in [5, 5.41) is 8.17. The fourth-order valence-electron chi connectivity index (χ4n) is 0.670. The molecule has 0 aliphatic heterocycles. The minimum absolute atomic E-state index is 0. The van der Waals surface area contributed by atoms with E-state index in [9.17, 15) is 4.79 Å². The van der Waals surface area contributed by atoms with E-state index in [-0.39, 0.29) is 12.4 Å². The number of nitrogens with two attached hydrogens (primary N) is 1. The van der Waals surface area contributed by atoms with Crippen LogP contribution < -0.4 is 5.73 Å². The van der Waals surface area contributed by atoms with Gasteiger partial charge in [-0.2, -0.15) is 5.26 Å². The molecule has 0 spiro atoms. The summed E-state index contributed by atoms with van der Waals surface area (Å²) in [5.74, 6) is -0.414. The standard InChI is InChI=1S/C7H12N2O2.ClH/c1-11-7(10)6(9)4-2-3-5-8;/h6H,2-4,9H2,1H3;1H/t6-;/m0./s1. The maximum atomic E-state index is 10.7. The lowest BCUT2D eigenvalue weighted by atomic mass is 10.1. The molecule has 0 radical (unpaired) electrons. The maximum Gasteiger partial charge on any atom is 0.322 e. The highest BCUT2D eigenvalue weighted by Crippen LogP contribution is 1.98. The topological polar surface area (TPSA) is 76.1 Å². The van der Waals surface area contributed by atoms with E-state index in [1.165, 1.54) is 7.11 Å². The molecule has 12 heavy (non-hydrogen) atoms. The molecule has 1 atom stereocenters. The van der Waals surface area contributed by atoms with Crippen molar-refractivity contribution in [2.45, 2.75) is 25.3 Å². The number of methoxy groups -OCH3 is 1. The monoisotopic (exact) mass is 192 g/mol. The molecule has 0 bridgehead atoms. The van der Waals surface area contributed by atoms with E-state index in [1.54, 1.807) is 0 Å². The summed E-state index contributed by atoms with van der Waals surface area (Å²) in [6.45, 7) is 0. The van der Waals surface area contributed by atoms with Crippen LogP contribution in [0.5, 0.6) is 0 Å². The molecule has 0 heterocycles. The smallest absolute Gasteiger partial charge is 0.322 e. The van der Waals surface area contributed by atoms with Gasteiger partial charge in [0.05, 0.1) is 13.2 Å². The van der Waals surface area contributed by atoms with E-state index < -0.39 is 12.0 Å². The molecule has 0 aliphatic carbocycles. The molecule has 0 rings (SSSR count). The number of hydrogen-bond donors (Lipinski definition) is 1. The Morgan fingerprint density at radius 2 is 2.33 bits per heavy atom. The molecule has 0 aliphatic rings. The van der Waals surface area contributed by atoms with Crippen molar-refractivity contribution >= 4 is 18.4 Å². The highest BCUT2D eigenvalue weighted by molar-refractivity contribution is 5.85.